The van der Waals surface area contributed by atoms with Gasteiger partial charge in [0.05, 0.1) is 26.6 Å². The number of esters is 1. The van der Waals surface area contributed by atoms with E-state index in [0.29, 0.717) is 11.5 Å². The number of rotatable bonds is 4. The van der Waals surface area contributed by atoms with Crippen LogP contribution in [0.3, 0.4) is 0 Å². The number of benzene rings is 1. The molecule has 0 N–H and O–H groups in total. The maximum atomic E-state index is 11.2. The monoisotopic (exact) mass is 260 g/mol. The summed E-state index contributed by atoms with van der Waals surface area (Å²) in [4.78, 5) is 19.1. The van der Waals surface area contributed by atoms with Crippen LogP contribution in [0, 0.1) is 0 Å². The van der Waals surface area contributed by atoms with E-state index in [2.05, 4.69) is 14.7 Å². The first kappa shape index (κ1) is 12.8. The van der Waals surface area contributed by atoms with Gasteiger partial charge in [-0.25, -0.2) is 14.8 Å². The highest BCUT2D eigenvalue weighted by Crippen LogP contribution is 2.23. The predicted molar refractivity (Wildman–Crippen MR) is 66.4 cm³/mol. The fraction of sp³-hybridized carbons (Fsp3) is 0.154. The second-order valence-electron chi connectivity index (χ2n) is 3.51. The first-order valence-electron chi connectivity index (χ1n) is 5.45. The minimum Gasteiger partial charge on any atom is -0.497 e. The van der Waals surface area contributed by atoms with E-state index in [1.807, 2.05) is 0 Å². The number of hydrogen-bond donors (Lipinski definition) is 0. The van der Waals surface area contributed by atoms with E-state index in [-0.39, 0.29) is 11.6 Å². The summed E-state index contributed by atoms with van der Waals surface area (Å²) in [7, 11) is 2.86. The zero-order valence-electron chi connectivity index (χ0n) is 10.5. The summed E-state index contributed by atoms with van der Waals surface area (Å²) in [5.74, 6) is 0.984. The van der Waals surface area contributed by atoms with Crippen molar-refractivity contribution in [2.24, 2.45) is 0 Å². The lowest BCUT2D eigenvalue weighted by atomic mass is 10.3. The van der Waals surface area contributed by atoms with Crippen molar-refractivity contribution >= 4 is 5.97 Å². The van der Waals surface area contributed by atoms with Gasteiger partial charge >= 0.3 is 5.97 Å². The highest BCUT2D eigenvalue weighted by Gasteiger charge is 2.08. The summed E-state index contributed by atoms with van der Waals surface area (Å²) in [6.45, 7) is 0. The molecule has 6 heteroatoms. The Morgan fingerprint density at radius 2 is 1.89 bits per heavy atom. The lowest BCUT2D eigenvalue weighted by molar-refractivity contribution is 0.0593. The van der Waals surface area contributed by atoms with Crippen molar-refractivity contribution in [3.63, 3.8) is 0 Å². The second kappa shape index (κ2) is 5.81. The van der Waals surface area contributed by atoms with Gasteiger partial charge in [0.15, 0.2) is 5.69 Å². The lowest BCUT2D eigenvalue weighted by Crippen LogP contribution is -2.04. The van der Waals surface area contributed by atoms with Gasteiger partial charge in [0.2, 0.25) is 5.88 Å². The third-order valence-corrected chi connectivity index (χ3v) is 2.29. The average molecular weight is 260 g/mol. The minimum atomic E-state index is -0.541. The van der Waals surface area contributed by atoms with E-state index in [1.165, 1.54) is 19.5 Å². The van der Waals surface area contributed by atoms with Gasteiger partial charge < -0.3 is 14.2 Å². The molecule has 0 saturated carbocycles. The standard InChI is InChI=1S/C13H12N2O4/c1-17-9-4-3-5-10(6-9)19-12-8-14-11(7-15-12)13(16)18-2/h3-8H,1-2H3. The number of hydrogen-bond acceptors (Lipinski definition) is 6. The Morgan fingerprint density at radius 3 is 2.53 bits per heavy atom. The Kier molecular flexibility index (Phi) is 3.92. The summed E-state index contributed by atoms with van der Waals surface area (Å²) in [6.07, 6.45) is 2.65. The van der Waals surface area contributed by atoms with Crippen LogP contribution < -0.4 is 9.47 Å². The molecule has 0 unspecified atom stereocenters. The van der Waals surface area contributed by atoms with Crippen molar-refractivity contribution in [3.8, 4) is 17.4 Å². The molecule has 1 aromatic heterocycles. The Morgan fingerprint density at radius 1 is 1.11 bits per heavy atom. The summed E-state index contributed by atoms with van der Waals surface area (Å²) in [5.41, 5.74) is 0.125. The minimum absolute atomic E-state index is 0.125. The molecule has 0 atom stereocenters. The molecule has 1 heterocycles. The molecule has 0 saturated heterocycles. The normalized spacial score (nSPS) is 9.79. The molecule has 0 amide bonds. The van der Waals surface area contributed by atoms with Crippen LogP contribution in [-0.4, -0.2) is 30.2 Å². The van der Waals surface area contributed by atoms with Crippen LogP contribution in [0.15, 0.2) is 36.7 Å². The molecule has 0 spiro atoms. The van der Waals surface area contributed by atoms with Gasteiger partial charge in [-0.2, -0.15) is 0 Å². The lowest BCUT2D eigenvalue weighted by Gasteiger charge is -2.06. The Labute approximate surface area is 110 Å². The van der Waals surface area contributed by atoms with Crippen molar-refractivity contribution in [2.75, 3.05) is 14.2 Å². The number of aromatic nitrogens is 2. The van der Waals surface area contributed by atoms with Gasteiger partial charge in [-0.15, -0.1) is 0 Å². The van der Waals surface area contributed by atoms with Crippen LogP contribution >= 0.6 is 0 Å². The van der Waals surface area contributed by atoms with Gasteiger partial charge in [-0.1, -0.05) is 6.07 Å². The summed E-state index contributed by atoms with van der Waals surface area (Å²) in [6, 6.07) is 7.08. The first-order chi connectivity index (χ1) is 9.22. The molecule has 2 rings (SSSR count). The number of ether oxygens (including phenoxy) is 3. The first-order valence-corrected chi connectivity index (χ1v) is 5.45. The zero-order chi connectivity index (χ0) is 13.7. The summed E-state index contributed by atoms with van der Waals surface area (Å²) < 4.78 is 15.1. The van der Waals surface area contributed by atoms with Gasteiger partial charge in [0, 0.05) is 6.07 Å². The second-order valence-corrected chi connectivity index (χ2v) is 3.51. The molecule has 0 aliphatic carbocycles. The maximum absolute atomic E-state index is 11.2. The van der Waals surface area contributed by atoms with Gasteiger partial charge in [0.25, 0.3) is 0 Å². The number of carbonyl (C=O) groups is 1. The average Bonchev–Trinajstić information content (AvgIpc) is 2.47. The molecule has 0 radical (unpaired) electrons. The molecule has 6 nitrogen and oxygen atoms in total. The summed E-state index contributed by atoms with van der Waals surface area (Å²) in [5, 5.41) is 0. The van der Waals surface area contributed by atoms with Crippen LogP contribution in [-0.2, 0) is 4.74 Å². The number of methoxy groups -OCH3 is 2. The van der Waals surface area contributed by atoms with Crippen molar-refractivity contribution in [1.29, 1.82) is 0 Å². The van der Waals surface area contributed by atoms with Crippen LogP contribution in [0.1, 0.15) is 10.5 Å². The van der Waals surface area contributed by atoms with E-state index in [1.54, 1.807) is 31.4 Å². The predicted octanol–water partition coefficient (Wildman–Crippen LogP) is 2.06. The maximum Gasteiger partial charge on any atom is 0.358 e. The van der Waals surface area contributed by atoms with Crippen LogP contribution in [0.2, 0.25) is 0 Å². The molecule has 0 bridgehead atoms. The topological polar surface area (TPSA) is 70.5 Å². The Balaban J connectivity index is 2.12. The van der Waals surface area contributed by atoms with Crippen molar-refractivity contribution in [1.82, 2.24) is 9.97 Å². The van der Waals surface area contributed by atoms with Crippen molar-refractivity contribution < 1.29 is 19.0 Å². The fourth-order valence-electron chi connectivity index (χ4n) is 1.36. The van der Waals surface area contributed by atoms with Crippen LogP contribution in [0.25, 0.3) is 0 Å². The van der Waals surface area contributed by atoms with Crippen LogP contribution in [0.4, 0.5) is 0 Å². The highest BCUT2D eigenvalue weighted by molar-refractivity contribution is 5.86. The quantitative estimate of drug-likeness (QED) is 0.784. The zero-order valence-corrected chi connectivity index (χ0v) is 10.5. The molecular formula is C13H12N2O4. The molecule has 19 heavy (non-hydrogen) atoms. The Bertz CT molecular complexity index is 569. The van der Waals surface area contributed by atoms with Crippen LogP contribution in [0.5, 0.6) is 17.4 Å². The molecule has 0 aliphatic heterocycles. The summed E-state index contributed by atoms with van der Waals surface area (Å²) >= 11 is 0. The van der Waals surface area contributed by atoms with Gasteiger partial charge in [0.1, 0.15) is 11.5 Å². The Hall–Kier alpha value is -2.63. The van der Waals surface area contributed by atoms with E-state index in [4.69, 9.17) is 9.47 Å². The molecule has 98 valence electrons. The third-order valence-electron chi connectivity index (χ3n) is 2.29. The molecule has 0 fully saturated rings. The molecular weight excluding hydrogens is 248 g/mol. The van der Waals surface area contributed by atoms with E-state index in [0.717, 1.165) is 0 Å². The van der Waals surface area contributed by atoms with Crippen molar-refractivity contribution in [2.45, 2.75) is 0 Å². The van der Waals surface area contributed by atoms with Gasteiger partial charge in [-0.05, 0) is 12.1 Å². The largest absolute Gasteiger partial charge is 0.497 e. The highest BCUT2D eigenvalue weighted by atomic mass is 16.5. The molecule has 2 aromatic rings. The van der Waals surface area contributed by atoms with Crippen molar-refractivity contribution in [3.05, 3.63) is 42.4 Å². The fourth-order valence-corrected chi connectivity index (χ4v) is 1.36. The van der Waals surface area contributed by atoms with E-state index in [9.17, 15) is 4.79 Å². The third kappa shape index (κ3) is 3.19. The SMILES string of the molecule is COC(=O)c1cnc(Oc2cccc(OC)c2)cn1. The van der Waals surface area contributed by atoms with E-state index >= 15 is 0 Å². The van der Waals surface area contributed by atoms with E-state index < -0.39 is 5.97 Å². The molecule has 1 aromatic carbocycles. The van der Waals surface area contributed by atoms with Gasteiger partial charge in [-0.3, -0.25) is 0 Å². The number of nitrogens with zero attached hydrogens (tertiary/aromatic N) is 2. The number of carbonyl (C=O) groups excluding carboxylic acids is 1. The molecule has 0 aliphatic rings. The smallest absolute Gasteiger partial charge is 0.358 e.